The van der Waals surface area contributed by atoms with Crippen LogP contribution in [0.5, 0.6) is 11.5 Å². The van der Waals surface area contributed by atoms with Crippen LogP contribution >= 0.6 is 0 Å². The first-order valence-electron chi connectivity index (χ1n) is 13.2. The maximum absolute atomic E-state index is 13.7. The van der Waals surface area contributed by atoms with Gasteiger partial charge in [0.25, 0.3) is 0 Å². The van der Waals surface area contributed by atoms with Crippen molar-refractivity contribution in [3.63, 3.8) is 0 Å². The van der Waals surface area contributed by atoms with Gasteiger partial charge in [0.15, 0.2) is 23.2 Å². The number of hydrogen-bond donors (Lipinski definition) is 1. The van der Waals surface area contributed by atoms with Crippen molar-refractivity contribution in [1.29, 1.82) is 0 Å². The summed E-state index contributed by atoms with van der Waals surface area (Å²) in [6.07, 6.45) is 4.26. The molecule has 9 heteroatoms. The van der Waals surface area contributed by atoms with Crippen LogP contribution in [-0.2, 0) is 30.2 Å². The van der Waals surface area contributed by atoms with Gasteiger partial charge in [-0.3, -0.25) is 9.69 Å². The lowest BCUT2D eigenvalue weighted by Gasteiger charge is -2.39. The minimum absolute atomic E-state index is 0.0918. The van der Waals surface area contributed by atoms with E-state index in [9.17, 15) is 14.7 Å². The Morgan fingerprint density at radius 2 is 1.97 bits per heavy atom. The number of esters is 2. The Labute approximate surface area is 217 Å². The average molecular weight is 516 g/mol. The molecule has 0 saturated carbocycles. The molecule has 1 aliphatic carbocycles. The number of hydrogen-bond acceptors (Lipinski definition) is 9. The van der Waals surface area contributed by atoms with Crippen LogP contribution in [0.3, 0.4) is 0 Å². The van der Waals surface area contributed by atoms with Crippen LogP contribution in [0.2, 0.25) is 0 Å². The second-order valence-electron chi connectivity index (χ2n) is 11.0. The van der Waals surface area contributed by atoms with E-state index in [2.05, 4.69) is 11.0 Å². The summed E-state index contributed by atoms with van der Waals surface area (Å²) in [7, 11) is 2.82. The molecule has 202 valence electrons. The van der Waals surface area contributed by atoms with Gasteiger partial charge >= 0.3 is 11.9 Å². The Bertz CT molecular complexity index is 1100. The fraction of sp³-hybridized carbons (Fsp3) is 0.643. The molecule has 1 N–H and O–H groups in total. The van der Waals surface area contributed by atoms with Crippen molar-refractivity contribution in [2.45, 2.75) is 75.5 Å². The number of nitrogens with zero attached hydrogens (tertiary/aromatic N) is 1. The Morgan fingerprint density at radius 1 is 1.22 bits per heavy atom. The van der Waals surface area contributed by atoms with Crippen molar-refractivity contribution < 1.29 is 38.4 Å². The summed E-state index contributed by atoms with van der Waals surface area (Å²) in [5, 5.41) is 11.4. The maximum atomic E-state index is 13.7. The fourth-order valence-corrected chi connectivity index (χ4v) is 6.42. The molecule has 0 amide bonds. The van der Waals surface area contributed by atoms with Gasteiger partial charge in [-0.15, -0.1) is 0 Å². The highest BCUT2D eigenvalue weighted by Gasteiger charge is 2.59. The minimum atomic E-state index is -2.00. The molecule has 0 aromatic heterocycles. The number of ether oxygens (including phenoxy) is 5. The minimum Gasteiger partial charge on any atom is -0.497 e. The summed E-state index contributed by atoms with van der Waals surface area (Å²) in [5.74, 6) is 0.431. The van der Waals surface area contributed by atoms with Gasteiger partial charge in [0.1, 0.15) is 5.76 Å². The van der Waals surface area contributed by atoms with Crippen molar-refractivity contribution in [2.75, 3.05) is 34.1 Å². The number of rotatable bonds is 8. The zero-order valence-corrected chi connectivity index (χ0v) is 22.1. The van der Waals surface area contributed by atoms with Gasteiger partial charge in [-0.2, -0.15) is 0 Å². The number of fused-ring (bicyclic) bond motifs is 3. The predicted molar refractivity (Wildman–Crippen MR) is 133 cm³/mol. The Balaban J connectivity index is 1.54. The number of methoxy groups -OCH3 is 2. The van der Waals surface area contributed by atoms with E-state index in [1.54, 1.807) is 7.11 Å². The molecule has 1 aromatic carbocycles. The first-order chi connectivity index (χ1) is 17.7. The lowest BCUT2D eigenvalue weighted by Crippen LogP contribution is -2.49. The molecule has 4 aliphatic rings. The smallest absolute Gasteiger partial charge is 0.339 e. The van der Waals surface area contributed by atoms with Crippen molar-refractivity contribution in [3.05, 3.63) is 35.1 Å². The topological polar surface area (TPSA) is 104 Å². The molecule has 5 rings (SSSR count). The highest BCUT2D eigenvalue weighted by molar-refractivity contribution is 5.86. The van der Waals surface area contributed by atoms with Crippen molar-refractivity contribution in [2.24, 2.45) is 5.92 Å². The molecular weight excluding hydrogens is 478 g/mol. The van der Waals surface area contributed by atoms with E-state index in [1.165, 1.54) is 7.11 Å². The normalized spacial score (nSPS) is 27.5. The van der Waals surface area contributed by atoms with Gasteiger partial charge in [0.05, 0.1) is 32.1 Å². The van der Waals surface area contributed by atoms with Gasteiger partial charge < -0.3 is 28.8 Å². The van der Waals surface area contributed by atoms with E-state index in [4.69, 9.17) is 23.7 Å². The summed E-state index contributed by atoms with van der Waals surface area (Å²) < 4.78 is 28.1. The fourth-order valence-electron chi connectivity index (χ4n) is 6.42. The van der Waals surface area contributed by atoms with E-state index in [-0.39, 0.29) is 30.6 Å². The van der Waals surface area contributed by atoms with Crippen LogP contribution in [-0.4, -0.2) is 73.3 Å². The Hall–Kier alpha value is -2.78. The molecule has 1 saturated heterocycles. The molecule has 4 atom stereocenters. The average Bonchev–Trinajstić information content (AvgIpc) is 3.56. The monoisotopic (exact) mass is 515 g/mol. The summed E-state index contributed by atoms with van der Waals surface area (Å²) in [6, 6.07) is 4.05. The van der Waals surface area contributed by atoms with E-state index in [0.29, 0.717) is 17.9 Å². The maximum Gasteiger partial charge on any atom is 0.339 e. The highest BCUT2D eigenvalue weighted by atomic mass is 16.7. The zero-order chi connectivity index (χ0) is 26.4. The van der Waals surface area contributed by atoms with Crippen LogP contribution in [0.1, 0.15) is 63.0 Å². The third-order valence-corrected chi connectivity index (χ3v) is 8.38. The molecule has 3 aliphatic heterocycles. The summed E-state index contributed by atoms with van der Waals surface area (Å²) in [4.78, 5) is 28.3. The van der Waals surface area contributed by atoms with Gasteiger partial charge in [0.2, 0.25) is 6.79 Å². The molecule has 1 aromatic rings. The first kappa shape index (κ1) is 25.9. The SMILES string of the molecule is COC(=O)C[C@](O)(CCC(C)C)C(=O)O[C@H]1C(OC)=C[C@@]23CCCN2CCc2cc4c(cc2[C@@H]13)OCO4. The Kier molecular flexibility index (Phi) is 6.87. The van der Waals surface area contributed by atoms with Crippen molar-refractivity contribution in [1.82, 2.24) is 4.90 Å². The van der Waals surface area contributed by atoms with E-state index >= 15 is 0 Å². The number of carbonyl (C=O) groups is 2. The van der Waals surface area contributed by atoms with Crippen molar-refractivity contribution in [3.8, 4) is 11.5 Å². The largest absolute Gasteiger partial charge is 0.497 e. The Morgan fingerprint density at radius 3 is 2.68 bits per heavy atom. The number of benzene rings is 1. The van der Waals surface area contributed by atoms with E-state index < -0.39 is 30.1 Å². The molecule has 9 nitrogen and oxygen atoms in total. The van der Waals surface area contributed by atoms with Crippen molar-refractivity contribution >= 4 is 11.9 Å². The third-order valence-electron chi connectivity index (χ3n) is 8.38. The third kappa shape index (κ3) is 4.46. The zero-order valence-electron chi connectivity index (χ0n) is 22.1. The second kappa shape index (κ2) is 9.83. The highest BCUT2D eigenvalue weighted by Crippen LogP contribution is 2.55. The lowest BCUT2D eigenvalue weighted by atomic mass is 9.77. The van der Waals surface area contributed by atoms with Gasteiger partial charge in [-0.05, 0) is 73.9 Å². The number of aliphatic hydroxyl groups is 1. The molecule has 37 heavy (non-hydrogen) atoms. The summed E-state index contributed by atoms with van der Waals surface area (Å²) in [6.45, 7) is 5.97. The lowest BCUT2D eigenvalue weighted by molar-refractivity contribution is -0.178. The molecule has 0 unspecified atom stereocenters. The summed E-state index contributed by atoms with van der Waals surface area (Å²) in [5.41, 5.74) is -0.217. The van der Waals surface area contributed by atoms with Crippen LogP contribution < -0.4 is 9.47 Å². The van der Waals surface area contributed by atoms with Gasteiger partial charge in [-0.25, -0.2) is 4.79 Å². The molecular formula is C28H37NO8. The van der Waals surface area contributed by atoms with Crippen LogP contribution in [0.25, 0.3) is 0 Å². The van der Waals surface area contributed by atoms with Gasteiger partial charge in [0, 0.05) is 6.54 Å². The van der Waals surface area contributed by atoms with E-state index in [1.807, 2.05) is 26.0 Å². The standard InChI is InChI=1S/C28H37NO8/c1-17(2)6-9-28(32,15-23(30)34-4)26(31)37-25-22(33-3)14-27-8-5-10-29(27)11-7-18-12-20-21(36-16-35-20)13-19(18)24(25)27/h12-14,17,24-25,32H,5-11,15-16H2,1-4H3/t24-,25-,27+,28+/m0/s1. The molecule has 1 spiro atoms. The second-order valence-corrected chi connectivity index (χ2v) is 11.0. The molecule has 3 heterocycles. The van der Waals surface area contributed by atoms with Gasteiger partial charge in [-0.1, -0.05) is 13.8 Å². The molecule has 0 radical (unpaired) electrons. The predicted octanol–water partition coefficient (Wildman–Crippen LogP) is 3.08. The first-order valence-corrected chi connectivity index (χ1v) is 13.2. The van der Waals surface area contributed by atoms with Crippen LogP contribution in [0, 0.1) is 5.92 Å². The van der Waals surface area contributed by atoms with Crippen LogP contribution in [0.4, 0.5) is 0 Å². The molecule has 1 fully saturated rings. The van der Waals surface area contributed by atoms with E-state index in [0.717, 1.165) is 49.2 Å². The van der Waals surface area contributed by atoms with Crippen LogP contribution in [0.15, 0.2) is 24.0 Å². The molecule has 0 bridgehead atoms. The number of carbonyl (C=O) groups excluding carboxylic acids is 2. The summed E-state index contributed by atoms with van der Waals surface area (Å²) >= 11 is 0. The quantitative estimate of drug-likeness (QED) is 0.523.